The van der Waals surface area contributed by atoms with Crippen molar-refractivity contribution in [3.63, 3.8) is 0 Å². The van der Waals surface area contributed by atoms with E-state index < -0.39 is 0 Å². The molecule has 2 aliphatic rings. The molecule has 0 saturated heterocycles. The van der Waals surface area contributed by atoms with E-state index in [0.717, 1.165) is 29.9 Å². The maximum Gasteiger partial charge on any atom is 0.278 e. The summed E-state index contributed by atoms with van der Waals surface area (Å²) in [5.74, 6) is 0.638. The summed E-state index contributed by atoms with van der Waals surface area (Å²) in [5, 5.41) is 0. The Bertz CT molecular complexity index is 1080. The van der Waals surface area contributed by atoms with Crippen LogP contribution >= 0.6 is 0 Å². The summed E-state index contributed by atoms with van der Waals surface area (Å²) in [6.07, 6.45) is 4.17. The van der Waals surface area contributed by atoms with E-state index in [1.807, 2.05) is 36.5 Å². The summed E-state index contributed by atoms with van der Waals surface area (Å²) in [6.45, 7) is 6.27. The van der Waals surface area contributed by atoms with E-state index in [2.05, 4.69) is 53.0 Å². The molecule has 2 aromatic carbocycles. The standard InChI is InChI=1S/C23H24N4O/c1-3-26(4-2)19-12-10-18(11-13-19)21-16-27-22(15-24-21)25-20(23(27)28)14-17-8-6-5-7-9-17/h5-13,15-16,24H,3-4,14H2,1-2H3. The van der Waals surface area contributed by atoms with Crippen LogP contribution in [0.3, 0.4) is 0 Å². The van der Waals surface area contributed by atoms with Crippen molar-refractivity contribution in [2.45, 2.75) is 20.3 Å². The van der Waals surface area contributed by atoms with Crippen molar-refractivity contribution in [1.82, 2.24) is 14.5 Å². The van der Waals surface area contributed by atoms with Crippen LogP contribution in [-0.4, -0.2) is 27.6 Å². The number of aromatic nitrogens is 3. The summed E-state index contributed by atoms with van der Waals surface area (Å²) in [5.41, 5.74) is 4.71. The average molecular weight is 372 g/mol. The molecule has 1 N–H and O–H groups in total. The summed E-state index contributed by atoms with van der Waals surface area (Å²) < 4.78 is 1.63. The highest BCUT2D eigenvalue weighted by Crippen LogP contribution is 2.22. The number of imidazole rings is 1. The third-order valence-electron chi connectivity index (χ3n) is 5.10. The van der Waals surface area contributed by atoms with Crippen molar-refractivity contribution < 1.29 is 0 Å². The molecule has 0 fully saturated rings. The molecule has 0 radical (unpaired) electrons. The van der Waals surface area contributed by atoms with Gasteiger partial charge in [0.1, 0.15) is 5.69 Å². The molecule has 0 bridgehead atoms. The van der Waals surface area contributed by atoms with Crippen LogP contribution in [0.4, 0.5) is 5.69 Å². The first-order valence-corrected chi connectivity index (χ1v) is 9.68. The molecule has 0 amide bonds. The van der Waals surface area contributed by atoms with Gasteiger partial charge in [0.25, 0.3) is 5.56 Å². The van der Waals surface area contributed by atoms with Gasteiger partial charge in [-0.15, -0.1) is 0 Å². The summed E-state index contributed by atoms with van der Waals surface area (Å²) in [7, 11) is 0. The summed E-state index contributed by atoms with van der Waals surface area (Å²) in [6, 6.07) is 18.3. The van der Waals surface area contributed by atoms with Crippen molar-refractivity contribution in [2.75, 3.05) is 18.0 Å². The molecule has 5 nitrogen and oxygen atoms in total. The highest BCUT2D eigenvalue weighted by Gasteiger charge is 2.15. The molecule has 2 aromatic rings. The second-order valence-electron chi connectivity index (χ2n) is 6.80. The van der Waals surface area contributed by atoms with E-state index in [1.54, 1.807) is 10.8 Å². The highest BCUT2D eigenvalue weighted by atomic mass is 16.1. The maximum absolute atomic E-state index is 12.8. The number of H-pyrrole nitrogens is 1. The van der Waals surface area contributed by atoms with Gasteiger partial charge in [0.15, 0.2) is 5.82 Å². The smallest absolute Gasteiger partial charge is 0.278 e. The lowest BCUT2D eigenvalue weighted by Gasteiger charge is -2.21. The summed E-state index contributed by atoms with van der Waals surface area (Å²) in [4.78, 5) is 22.9. The van der Waals surface area contributed by atoms with Gasteiger partial charge < -0.3 is 9.88 Å². The van der Waals surface area contributed by atoms with Crippen molar-refractivity contribution in [3.8, 4) is 17.1 Å². The second kappa shape index (κ2) is 7.72. The number of benzene rings is 2. The fourth-order valence-electron chi connectivity index (χ4n) is 3.52. The van der Waals surface area contributed by atoms with Gasteiger partial charge in [-0.3, -0.25) is 9.36 Å². The Morgan fingerprint density at radius 2 is 1.71 bits per heavy atom. The van der Waals surface area contributed by atoms with E-state index in [1.165, 1.54) is 5.69 Å². The van der Waals surface area contributed by atoms with Gasteiger partial charge in [0, 0.05) is 37.6 Å². The molecule has 0 saturated carbocycles. The van der Waals surface area contributed by atoms with Crippen molar-refractivity contribution in [1.29, 1.82) is 0 Å². The predicted molar refractivity (Wildman–Crippen MR) is 114 cm³/mol. The number of anilines is 1. The van der Waals surface area contributed by atoms with Crippen LogP contribution < -0.4 is 10.5 Å². The minimum atomic E-state index is -0.0612. The van der Waals surface area contributed by atoms with E-state index in [4.69, 9.17) is 0 Å². The molecule has 0 aliphatic carbocycles. The van der Waals surface area contributed by atoms with Crippen LogP contribution in [0.1, 0.15) is 25.1 Å². The van der Waals surface area contributed by atoms with Crippen LogP contribution in [0.25, 0.3) is 17.1 Å². The van der Waals surface area contributed by atoms with E-state index >= 15 is 0 Å². The molecule has 5 heteroatoms. The van der Waals surface area contributed by atoms with Crippen LogP contribution in [0, 0.1) is 0 Å². The number of nitrogens with zero attached hydrogens (tertiary/aromatic N) is 3. The lowest BCUT2D eigenvalue weighted by molar-refractivity contribution is 0.866. The number of hydrogen-bond acceptors (Lipinski definition) is 3. The molecule has 4 rings (SSSR count). The topological polar surface area (TPSA) is 53.9 Å². The third kappa shape index (κ3) is 3.43. The zero-order valence-corrected chi connectivity index (χ0v) is 16.2. The normalized spacial score (nSPS) is 11.1. The molecule has 0 spiro atoms. The number of fused-ring (bicyclic) bond motifs is 1. The van der Waals surface area contributed by atoms with Crippen molar-refractivity contribution >= 4 is 5.69 Å². The first-order chi connectivity index (χ1) is 13.7. The fourth-order valence-corrected chi connectivity index (χ4v) is 3.52. The van der Waals surface area contributed by atoms with Crippen LogP contribution in [-0.2, 0) is 6.42 Å². The minimum absolute atomic E-state index is 0.0612. The summed E-state index contributed by atoms with van der Waals surface area (Å²) >= 11 is 0. The van der Waals surface area contributed by atoms with Crippen molar-refractivity contribution in [2.24, 2.45) is 0 Å². The average Bonchev–Trinajstić information content (AvgIpc) is 3.05. The Balaban J connectivity index is 1.66. The molecule has 0 unspecified atom stereocenters. The predicted octanol–water partition coefficient (Wildman–Crippen LogP) is 4.10. The zero-order chi connectivity index (χ0) is 19.5. The van der Waals surface area contributed by atoms with Crippen LogP contribution in [0.2, 0.25) is 0 Å². The fraction of sp³-hybridized carbons (Fsp3) is 0.217. The van der Waals surface area contributed by atoms with Gasteiger partial charge in [-0.1, -0.05) is 42.5 Å². The van der Waals surface area contributed by atoms with Crippen molar-refractivity contribution in [3.05, 3.63) is 88.6 Å². The molecule has 2 heterocycles. The molecular formula is C23H24N4O. The monoisotopic (exact) mass is 372 g/mol. The second-order valence-corrected chi connectivity index (χ2v) is 6.80. The Morgan fingerprint density at radius 3 is 2.39 bits per heavy atom. The van der Waals surface area contributed by atoms with Gasteiger partial charge in [-0.25, -0.2) is 4.98 Å². The first-order valence-electron chi connectivity index (χ1n) is 9.68. The SMILES string of the molecule is CCN(CC)c1ccc(-c2cn3c(=O)c(Cc4ccccc4)nc-3c[nH]2)cc1. The number of rotatable bonds is 6. The molecule has 0 atom stereocenters. The minimum Gasteiger partial charge on any atom is -0.372 e. The first kappa shape index (κ1) is 18.0. The lowest BCUT2D eigenvalue weighted by Crippen LogP contribution is -2.21. The van der Waals surface area contributed by atoms with E-state index in [9.17, 15) is 4.79 Å². The molecule has 0 aromatic heterocycles. The Kier molecular flexibility index (Phi) is 4.98. The van der Waals surface area contributed by atoms with Gasteiger partial charge >= 0.3 is 0 Å². The number of aromatic amines is 1. The van der Waals surface area contributed by atoms with Gasteiger partial charge in [-0.2, -0.15) is 0 Å². The van der Waals surface area contributed by atoms with Gasteiger partial charge in [0.05, 0.1) is 5.69 Å². The molecular weight excluding hydrogens is 348 g/mol. The highest BCUT2D eigenvalue weighted by molar-refractivity contribution is 5.63. The Labute approximate surface area is 164 Å². The lowest BCUT2D eigenvalue weighted by atomic mass is 10.1. The number of nitrogens with one attached hydrogen (secondary N) is 1. The Hall–Kier alpha value is -3.34. The largest absolute Gasteiger partial charge is 0.372 e. The molecule has 142 valence electrons. The Morgan fingerprint density at radius 1 is 1.00 bits per heavy atom. The molecule has 28 heavy (non-hydrogen) atoms. The van der Waals surface area contributed by atoms with Crippen LogP contribution in [0.15, 0.2) is 71.8 Å². The quantitative estimate of drug-likeness (QED) is 0.554. The van der Waals surface area contributed by atoms with Gasteiger partial charge in [0.2, 0.25) is 0 Å². The van der Waals surface area contributed by atoms with Crippen LogP contribution in [0.5, 0.6) is 0 Å². The third-order valence-corrected chi connectivity index (χ3v) is 5.10. The zero-order valence-electron chi connectivity index (χ0n) is 16.2. The van der Waals surface area contributed by atoms with E-state index in [0.29, 0.717) is 17.9 Å². The number of hydrogen-bond donors (Lipinski definition) is 1. The van der Waals surface area contributed by atoms with E-state index in [-0.39, 0.29) is 5.56 Å². The molecule has 2 aliphatic heterocycles. The van der Waals surface area contributed by atoms with Gasteiger partial charge in [-0.05, 0) is 37.1 Å². The maximum atomic E-state index is 12.8.